The number of rotatable bonds is 5. The molecule has 2 aromatic carbocycles. The predicted molar refractivity (Wildman–Crippen MR) is 106 cm³/mol. The Morgan fingerprint density at radius 2 is 1.71 bits per heavy atom. The number of nitrogens with zero attached hydrogens (tertiary/aromatic N) is 3. The van der Waals surface area contributed by atoms with E-state index in [0.717, 1.165) is 23.9 Å². The molecule has 1 aliphatic rings. The summed E-state index contributed by atoms with van der Waals surface area (Å²) in [5.74, 6) is -0.609. The fourth-order valence-electron chi connectivity index (χ4n) is 3.19. The van der Waals surface area contributed by atoms with Gasteiger partial charge in [-0.05, 0) is 49.0 Å². The summed E-state index contributed by atoms with van der Waals surface area (Å²) in [5.41, 5.74) is 0.687. The van der Waals surface area contributed by atoms with Crippen LogP contribution in [-0.2, 0) is 10.0 Å². The van der Waals surface area contributed by atoms with Crippen molar-refractivity contribution in [2.45, 2.75) is 11.8 Å². The summed E-state index contributed by atoms with van der Waals surface area (Å²) in [6, 6.07) is 11.3. The molecule has 3 rings (SSSR count). The molecule has 0 unspecified atom stereocenters. The maximum absolute atomic E-state index is 13.1. The zero-order valence-corrected chi connectivity index (χ0v) is 16.8. The number of carbonyl (C=O) groups excluding carboxylic acids is 1. The van der Waals surface area contributed by atoms with Gasteiger partial charge in [-0.25, -0.2) is 12.8 Å². The Morgan fingerprint density at radius 3 is 2.32 bits per heavy atom. The minimum absolute atomic E-state index is 0.0253. The molecular weight excluding hydrogens is 381 g/mol. The van der Waals surface area contributed by atoms with Crippen LogP contribution in [-0.4, -0.2) is 63.9 Å². The fourth-order valence-corrected chi connectivity index (χ4v) is 4.43. The van der Waals surface area contributed by atoms with Crippen LogP contribution in [0.5, 0.6) is 0 Å². The van der Waals surface area contributed by atoms with Crippen molar-refractivity contribution in [1.29, 1.82) is 0 Å². The highest BCUT2D eigenvalue weighted by Gasteiger charge is 2.25. The number of piperazine rings is 1. The highest BCUT2D eigenvalue weighted by molar-refractivity contribution is 7.92. The van der Waals surface area contributed by atoms with Crippen LogP contribution in [0.25, 0.3) is 0 Å². The summed E-state index contributed by atoms with van der Waals surface area (Å²) in [7, 11) is -2.47. The summed E-state index contributed by atoms with van der Waals surface area (Å²) in [4.78, 5) is 16.9. The molecule has 6 nitrogen and oxygen atoms in total. The molecule has 1 fully saturated rings. The first kappa shape index (κ1) is 20.3. The number of likely N-dealkylation sites (N-methyl/N-ethyl adjacent to an activating group) is 1. The van der Waals surface area contributed by atoms with Gasteiger partial charge in [-0.3, -0.25) is 9.10 Å². The van der Waals surface area contributed by atoms with Crippen LogP contribution in [0.15, 0.2) is 53.4 Å². The molecule has 2 aromatic rings. The van der Waals surface area contributed by atoms with Gasteiger partial charge < -0.3 is 9.80 Å². The first-order valence-electron chi connectivity index (χ1n) is 9.19. The van der Waals surface area contributed by atoms with E-state index in [9.17, 15) is 17.6 Å². The lowest BCUT2D eigenvalue weighted by Gasteiger charge is -2.34. The normalized spacial score (nSPS) is 15.5. The minimum atomic E-state index is -3.87. The third-order valence-electron chi connectivity index (χ3n) is 5.04. The summed E-state index contributed by atoms with van der Waals surface area (Å²) >= 11 is 0. The lowest BCUT2D eigenvalue weighted by Crippen LogP contribution is -2.48. The Balaban J connectivity index is 1.82. The van der Waals surface area contributed by atoms with E-state index in [-0.39, 0.29) is 10.8 Å². The molecule has 0 radical (unpaired) electrons. The topological polar surface area (TPSA) is 60.9 Å². The number of hydrogen-bond acceptors (Lipinski definition) is 4. The number of anilines is 1. The molecule has 0 aromatic heterocycles. The molecule has 0 bridgehead atoms. The van der Waals surface area contributed by atoms with Gasteiger partial charge in [-0.2, -0.15) is 0 Å². The van der Waals surface area contributed by atoms with Crippen molar-refractivity contribution in [1.82, 2.24) is 9.80 Å². The fraction of sp³-hybridized carbons (Fsp3) is 0.350. The Kier molecular flexibility index (Phi) is 6.00. The molecule has 1 saturated heterocycles. The van der Waals surface area contributed by atoms with Crippen LogP contribution >= 0.6 is 0 Å². The second kappa shape index (κ2) is 8.28. The molecule has 1 amide bonds. The highest BCUT2D eigenvalue weighted by atomic mass is 32.2. The third-order valence-corrected chi connectivity index (χ3v) is 6.82. The van der Waals surface area contributed by atoms with Crippen molar-refractivity contribution in [3.63, 3.8) is 0 Å². The van der Waals surface area contributed by atoms with Gasteiger partial charge in [0.25, 0.3) is 15.9 Å². The van der Waals surface area contributed by atoms with E-state index >= 15 is 0 Å². The average Bonchev–Trinajstić information content (AvgIpc) is 2.73. The number of amides is 1. The van der Waals surface area contributed by atoms with E-state index in [1.54, 1.807) is 17.0 Å². The molecule has 0 aliphatic carbocycles. The monoisotopic (exact) mass is 405 g/mol. The second-order valence-electron chi connectivity index (χ2n) is 6.70. The summed E-state index contributed by atoms with van der Waals surface area (Å²) in [5, 5.41) is 0. The molecule has 0 spiro atoms. The van der Waals surface area contributed by atoms with Crippen molar-refractivity contribution in [2.24, 2.45) is 0 Å². The standard InChI is InChI=1S/C20H24FN3O3S/c1-3-23-11-13-24(14-12-23)20(25)16-5-4-6-19(15-16)28(26,27)22(2)18-9-7-17(21)8-10-18/h4-10,15H,3,11-14H2,1-2H3. The van der Waals surface area contributed by atoms with Crippen LogP contribution in [0.4, 0.5) is 10.1 Å². The molecular formula is C20H24FN3O3S. The SMILES string of the molecule is CCN1CCN(C(=O)c2cccc(S(=O)(=O)N(C)c3ccc(F)cc3)c2)CC1. The van der Waals surface area contributed by atoms with Crippen LogP contribution in [0.3, 0.4) is 0 Å². The van der Waals surface area contributed by atoms with Crippen molar-refractivity contribution >= 4 is 21.6 Å². The minimum Gasteiger partial charge on any atom is -0.336 e. The van der Waals surface area contributed by atoms with Crippen molar-refractivity contribution in [3.8, 4) is 0 Å². The predicted octanol–water partition coefficient (Wildman–Crippen LogP) is 2.43. The van der Waals surface area contributed by atoms with Gasteiger partial charge in [0.15, 0.2) is 0 Å². The molecule has 1 aliphatic heterocycles. The van der Waals surface area contributed by atoms with E-state index in [2.05, 4.69) is 11.8 Å². The highest BCUT2D eigenvalue weighted by Crippen LogP contribution is 2.23. The molecule has 8 heteroatoms. The van der Waals surface area contributed by atoms with Gasteiger partial charge >= 0.3 is 0 Å². The number of sulfonamides is 1. The Bertz CT molecular complexity index is 939. The van der Waals surface area contributed by atoms with Crippen LogP contribution in [0, 0.1) is 5.82 Å². The molecule has 28 heavy (non-hydrogen) atoms. The van der Waals surface area contributed by atoms with Crippen molar-refractivity contribution in [2.75, 3.05) is 44.1 Å². The number of benzene rings is 2. The summed E-state index contributed by atoms with van der Waals surface area (Å²) in [6.07, 6.45) is 0. The van der Waals surface area contributed by atoms with Gasteiger partial charge in [0.2, 0.25) is 0 Å². The van der Waals surface area contributed by atoms with E-state index < -0.39 is 15.8 Å². The number of halogens is 1. The zero-order valence-electron chi connectivity index (χ0n) is 16.0. The summed E-state index contributed by atoms with van der Waals surface area (Å²) in [6.45, 7) is 5.91. The van der Waals surface area contributed by atoms with Gasteiger partial charge in [0.05, 0.1) is 10.6 Å². The first-order valence-corrected chi connectivity index (χ1v) is 10.6. The van der Waals surface area contributed by atoms with Gasteiger partial charge in [0, 0.05) is 38.8 Å². The average molecular weight is 405 g/mol. The van der Waals surface area contributed by atoms with E-state index in [4.69, 9.17) is 0 Å². The van der Waals surface area contributed by atoms with Crippen LogP contribution in [0.2, 0.25) is 0 Å². The third kappa shape index (κ3) is 4.18. The van der Waals surface area contributed by atoms with Crippen molar-refractivity contribution in [3.05, 3.63) is 59.9 Å². The zero-order chi connectivity index (χ0) is 20.3. The molecule has 0 N–H and O–H groups in total. The number of carbonyl (C=O) groups is 1. The molecule has 0 saturated carbocycles. The van der Waals surface area contributed by atoms with Gasteiger partial charge in [-0.15, -0.1) is 0 Å². The lowest BCUT2D eigenvalue weighted by atomic mass is 10.2. The quantitative estimate of drug-likeness (QED) is 0.767. The van der Waals surface area contributed by atoms with E-state index in [0.29, 0.717) is 24.3 Å². The van der Waals surface area contributed by atoms with E-state index in [1.807, 2.05) is 0 Å². The Morgan fingerprint density at radius 1 is 1.07 bits per heavy atom. The maximum atomic E-state index is 13.1. The van der Waals surface area contributed by atoms with Crippen LogP contribution in [0.1, 0.15) is 17.3 Å². The van der Waals surface area contributed by atoms with E-state index in [1.165, 1.54) is 43.4 Å². The number of hydrogen-bond donors (Lipinski definition) is 0. The smallest absolute Gasteiger partial charge is 0.264 e. The molecule has 1 heterocycles. The van der Waals surface area contributed by atoms with Crippen molar-refractivity contribution < 1.29 is 17.6 Å². The van der Waals surface area contributed by atoms with Gasteiger partial charge in [-0.1, -0.05) is 13.0 Å². The Labute approximate surface area is 165 Å². The largest absolute Gasteiger partial charge is 0.336 e. The Hall–Kier alpha value is -2.45. The second-order valence-corrected chi connectivity index (χ2v) is 8.67. The molecule has 0 atom stereocenters. The first-order chi connectivity index (χ1) is 13.3. The van der Waals surface area contributed by atoms with Crippen LogP contribution < -0.4 is 4.31 Å². The maximum Gasteiger partial charge on any atom is 0.264 e. The lowest BCUT2D eigenvalue weighted by molar-refractivity contribution is 0.0643. The van der Waals surface area contributed by atoms with Gasteiger partial charge in [0.1, 0.15) is 5.82 Å². The summed E-state index contributed by atoms with van der Waals surface area (Å²) < 4.78 is 40.1. The molecule has 150 valence electrons.